The largest absolute Gasteiger partial charge is 0.395 e. The van der Waals surface area contributed by atoms with Crippen LogP contribution >= 0.6 is 11.3 Å². The van der Waals surface area contributed by atoms with E-state index in [4.69, 9.17) is 5.11 Å². The number of aryl methyl sites for hydroxylation is 1. The fraction of sp³-hybridized carbons (Fsp3) is 0.500. The fourth-order valence-electron chi connectivity index (χ4n) is 0.866. The molecule has 0 aliphatic rings. The molecule has 0 amide bonds. The van der Waals surface area contributed by atoms with E-state index in [0.29, 0.717) is 6.54 Å². The maximum Gasteiger partial charge on any atom is 0.0556 e. The molecule has 0 saturated carbocycles. The van der Waals surface area contributed by atoms with Crippen molar-refractivity contribution >= 4 is 11.3 Å². The lowest BCUT2D eigenvalue weighted by Gasteiger charge is -2.00. The SMILES string of the molecule is Cc1ccsc1CNCCO. The number of aliphatic hydroxyl groups excluding tert-OH is 1. The first-order valence-corrected chi connectivity index (χ1v) is 4.57. The van der Waals surface area contributed by atoms with E-state index in [9.17, 15) is 0 Å². The van der Waals surface area contributed by atoms with Crippen LogP contribution in [0.2, 0.25) is 0 Å². The molecule has 62 valence electrons. The number of hydrogen-bond acceptors (Lipinski definition) is 3. The van der Waals surface area contributed by atoms with Crippen molar-refractivity contribution < 1.29 is 5.11 Å². The highest BCUT2D eigenvalue weighted by molar-refractivity contribution is 7.10. The van der Waals surface area contributed by atoms with Crippen molar-refractivity contribution in [2.24, 2.45) is 0 Å². The Labute approximate surface area is 70.9 Å². The summed E-state index contributed by atoms with van der Waals surface area (Å²) in [6.45, 7) is 3.87. The van der Waals surface area contributed by atoms with Crippen molar-refractivity contribution in [3.8, 4) is 0 Å². The molecule has 0 aliphatic heterocycles. The number of nitrogens with one attached hydrogen (secondary N) is 1. The molecule has 1 rings (SSSR count). The van der Waals surface area contributed by atoms with Gasteiger partial charge in [0.1, 0.15) is 0 Å². The Kier molecular flexibility index (Phi) is 3.56. The Balaban J connectivity index is 2.32. The van der Waals surface area contributed by atoms with E-state index in [1.54, 1.807) is 11.3 Å². The zero-order valence-electron chi connectivity index (χ0n) is 6.63. The van der Waals surface area contributed by atoms with Crippen LogP contribution in [0.25, 0.3) is 0 Å². The zero-order chi connectivity index (χ0) is 8.10. The standard InChI is InChI=1S/C8H13NOS/c1-7-2-5-11-8(7)6-9-3-4-10/h2,5,9-10H,3-4,6H2,1H3. The first-order chi connectivity index (χ1) is 5.34. The first kappa shape index (κ1) is 8.71. The minimum atomic E-state index is 0.213. The van der Waals surface area contributed by atoms with Gasteiger partial charge in [0, 0.05) is 18.0 Å². The van der Waals surface area contributed by atoms with E-state index in [0.717, 1.165) is 6.54 Å². The van der Waals surface area contributed by atoms with Crippen molar-refractivity contribution in [2.45, 2.75) is 13.5 Å². The van der Waals surface area contributed by atoms with Crippen molar-refractivity contribution in [1.29, 1.82) is 0 Å². The molecule has 0 radical (unpaired) electrons. The molecule has 3 heteroatoms. The van der Waals surface area contributed by atoms with Gasteiger partial charge in [0.25, 0.3) is 0 Å². The van der Waals surface area contributed by atoms with E-state index < -0.39 is 0 Å². The first-order valence-electron chi connectivity index (χ1n) is 3.69. The fourth-order valence-corrected chi connectivity index (χ4v) is 1.74. The van der Waals surface area contributed by atoms with Gasteiger partial charge < -0.3 is 10.4 Å². The van der Waals surface area contributed by atoms with Gasteiger partial charge in [-0.25, -0.2) is 0 Å². The third kappa shape index (κ3) is 2.61. The van der Waals surface area contributed by atoms with E-state index in [1.807, 2.05) is 0 Å². The summed E-state index contributed by atoms with van der Waals surface area (Å²) in [5.41, 5.74) is 1.33. The maximum absolute atomic E-state index is 8.51. The van der Waals surface area contributed by atoms with Crippen LogP contribution in [0.1, 0.15) is 10.4 Å². The Bertz CT molecular complexity index is 210. The molecule has 0 bridgehead atoms. The molecule has 0 unspecified atom stereocenters. The summed E-state index contributed by atoms with van der Waals surface area (Å²) < 4.78 is 0. The van der Waals surface area contributed by atoms with Crippen LogP contribution in [-0.2, 0) is 6.54 Å². The summed E-state index contributed by atoms with van der Waals surface area (Å²) >= 11 is 1.76. The molecule has 1 aromatic rings. The minimum absolute atomic E-state index is 0.213. The highest BCUT2D eigenvalue weighted by atomic mass is 32.1. The average Bonchev–Trinajstić information content (AvgIpc) is 2.37. The van der Waals surface area contributed by atoms with Gasteiger partial charge in [0.05, 0.1) is 6.61 Å². The second kappa shape index (κ2) is 4.49. The molecule has 0 fully saturated rings. The van der Waals surface area contributed by atoms with Gasteiger partial charge in [-0.2, -0.15) is 0 Å². The van der Waals surface area contributed by atoms with E-state index in [2.05, 4.69) is 23.7 Å². The summed E-state index contributed by atoms with van der Waals surface area (Å²) in [6, 6.07) is 2.11. The number of hydrogen-bond donors (Lipinski definition) is 2. The second-order valence-corrected chi connectivity index (χ2v) is 3.43. The van der Waals surface area contributed by atoms with Gasteiger partial charge in [0.2, 0.25) is 0 Å². The van der Waals surface area contributed by atoms with Gasteiger partial charge in [-0.15, -0.1) is 11.3 Å². The van der Waals surface area contributed by atoms with Crippen LogP contribution in [0.15, 0.2) is 11.4 Å². The van der Waals surface area contributed by atoms with Gasteiger partial charge in [-0.3, -0.25) is 0 Å². The van der Waals surface area contributed by atoms with Crippen LogP contribution in [0, 0.1) is 6.92 Å². The van der Waals surface area contributed by atoms with Gasteiger partial charge in [-0.1, -0.05) is 0 Å². The van der Waals surface area contributed by atoms with Crippen molar-refractivity contribution in [3.05, 3.63) is 21.9 Å². The third-order valence-electron chi connectivity index (χ3n) is 1.54. The number of thiophene rings is 1. The molecule has 0 spiro atoms. The summed E-state index contributed by atoms with van der Waals surface area (Å²) in [7, 11) is 0. The predicted octanol–water partition coefficient (Wildman–Crippen LogP) is 1.14. The predicted molar refractivity (Wildman–Crippen MR) is 47.8 cm³/mol. The molecule has 1 aromatic heterocycles. The van der Waals surface area contributed by atoms with E-state index in [1.165, 1.54) is 10.4 Å². The lowest BCUT2D eigenvalue weighted by atomic mass is 10.3. The van der Waals surface area contributed by atoms with Gasteiger partial charge in [-0.05, 0) is 23.9 Å². The molecule has 0 aliphatic carbocycles. The second-order valence-electron chi connectivity index (χ2n) is 2.43. The quantitative estimate of drug-likeness (QED) is 0.666. The number of rotatable bonds is 4. The molecule has 0 aromatic carbocycles. The zero-order valence-corrected chi connectivity index (χ0v) is 7.45. The Morgan fingerprint density at radius 1 is 1.64 bits per heavy atom. The smallest absolute Gasteiger partial charge is 0.0556 e. The van der Waals surface area contributed by atoms with Crippen LogP contribution in [-0.4, -0.2) is 18.3 Å². The molecular formula is C8H13NOS. The topological polar surface area (TPSA) is 32.3 Å². The van der Waals surface area contributed by atoms with Crippen LogP contribution in [0.5, 0.6) is 0 Å². The van der Waals surface area contributed by atoms with Gasteiger partial charge >= 0.3 is 0 Å². The summed E-state index contributed by atoms with van der Waals surface area (Å²) in [4.78, 5) is 1.36. The summed E-state index contributed by atoms with van der Waals surface area (Å²) in [5.74, 6) is 0. The lowest BCUT2D eigenvalue weighted by molar-refractivity contribution is 0.292. The average molecular weight is 171 g/mol. The molecular weight excluding hydrogens is 158 g/mol. The normalized spacial score (nSPS) is 10.4. The minimum Gasteiger partial charge on any atom is -0.395 e. The van der Waals surface area contributed by atoms with Crippen molar-refractivity contribution in [3.63, 3.8) is 0 Å². The lowest BCUT2D eigenvalue weighted by Crippen LogP contribution is -2.17. The Morgan fingerprint density at radius 3 is 3.00 bits per heavy atom. The molecule has 0 atom stereocenters. The highest BCUT2D eigenvalue weighted by Gasteiger charge is 1.96. The third-order valence-corrected chi connectivity index (χ3v) is 2.57. The van der Waals surface area contributed by atoms with Crippen molar-refractivity contribution in [1.82, 2.24) is 5.32 Å². The van der Waals surface area contributed by atoms with Crippen LogP contribution in [0.4, 0.5) is 0 Å². The highest BCUT2D eigenvalue weighted by Crippen LogP contribution is 2.14. The van der Waals surface area contributed by atoms with Crippen LogP contribution in [0.3, 0.4) is 0 Å². The van der Waals surface area contributed by atoms with Gasteiger partial charge in [0.15, 0.2) is 0 Å². The monoisotopic (exact) mass is 171 g/mol. The Morgan fingerprint density at radius 2 is 2.45 bits per heavy atom. The number of aliphatic hydroxyl groups is 1. The molecule has 11 heavy (non-hydrogen) atoms. The van der Waals surface area contributed by atoms with E-state index in [-0.39, 0.29) is 6.61 Å². The molecule has 2 N–H and O–H groups in total. The molecule has 0 saturated heterocycles. The summed E-state index contributed by atoms with van der Waals surface area (Å²) in [6.07, 6.45) is 0. The molecule has 2 nitrogen and oxygen atoms in total. The summed E-state index contributed by atoms with van der Waals surface area (Å²) in [5, 5.41) is 13.7. The van der Waals surface area contributed by atoms with E-state index >= 15 is 0 Å². The molecule has 1 heterocycles. The van der Waals surface area contributed by atoms with Crippen LogP contribution < -0.4 is 5.32 Å². The van der Waals surface area contributed by atoms with Crippen molar-refractivity contribution in [2.75, 3.05) is 13.2 Å². The maximum atomic E-state index is 8.51. The Hall–Kier alpha value is -0.380.